The highest BCUT2D eigenvalue weighted by Gasteiger charge is 2.46. The van der Waals surface area contributed by atoms with E-state index < -0.39 is 0 Å². The van der Waals surface area contributed by atoms with Gasteiger partial charge >= 0.3 is 0 Å². The molecule has 2 heteroatoms. The van der Waals surface area contributed by atoms with Gasteiger partial charge in [-0.05, 0) is 19.8 Å². The van der Waals surface area contributed by atoms with Gasteiger partial charge in [0.25, 0.3) is 0 Å². The lowest BCUT2D eigenvalue weighted by Gasteiger charge is -2.23. The van der Waals surface area contributed by atoms with Crippen LogP contribution in [-0.4, -0.2) is 23.9 Å². The maximum atomic E-state index is 9.08. The summed E-state index contributed by atoms with van der Waals surface area (Å²) in [4.78, 5) is 0. The molecule has 12 heavy (non-hydrogen) atoms. The first-order valence-electron chi connectivity index (χ1n) is 4.58. The molecular formula is C10H16O2. The van der Waals surface area contributed by atoms with Gasteiger partial charge in [-0.25, -0.2) is 0 Å². The number of rotatable bonds is 1. The summed E-state index contributed by atoms with van der Waals surface area (Å²) in [6.07, 6.45) is 4.35. The van der Waals surface area contributed by atoms with Crippen molar-refractivity contribution in [2.75, 3.05) is 13.2 Å². The number of aliphatic hydroxyl groups is 1. The van der Waals surface area contributed by atoms with Gasteiger partial charge in [-0.15, -0.1) is 0 Å². The highest BCUT2D eigenvalue weighted by Crippen LogP contribution is 2.44. The second-order valence-corrected chi connectivity index (χ2v) is 4.34. The average Bonchev–Trinajstić information content (AvgIpc) is 2.53. The lowest BCUT2D eigenvalue weighted by atomic mass is 9.83. The SMILES string of the molecule is CC1(C)OC[C@@H]2[C@H](CO)C=C[C@@H]21. The minimum absolute atomic E-state index is 0.0227. The predicted octanol–water partition coefficient (Wildman–Crippen LogP) is 1.21. The molecule has 0 spiro atoms. The van der Waals surface area contributed by atoms with Gasteiger partial charge in [0, 0.05) is 18.4 Å². The van der Waals surface area contributed by atoms with Crippen molar-refractivity contribution in [3.8, 4) is 0 Å². The Labute approximate surface area is 73.2 Å². The van der Waals surface area contributed by atoms with Gasteiger partial charge in [0.15, 0.2) is 0 Å². The van der Waals surface area contributed by atoms with Crippen molar-refractivity contribution in [3.63, 3.8) is 0 Å². The number of hydrogen-bond donors (Lipinski definition) is 1. The molecule has 2 rings (SSSR count). The molecule has 0 unspecified atom stereocenters. The van der Waals surface area contributed by atoms with E-state index in [1.54, 1.807) is 0 Å². The van der Waals surface area contributed by atoms with Gasteiger partial charge in [0.1, 0.15) is 0 Å². The Kier molecular flexibility index (Phi) is 1.77. The van der Waals surface area contributed by atoms with E-state index in [1.165, 1.54) is 0 Å². The van der Waals surface area contributed by atoms with Crippen LogP contribution in [0.5, 0.6) is 0 Å². The fourth-order valence-electron chi connectivity index (χ4n) is 2.39. The molecule has 0 saturated carbocycles. The quantitative estimate of drug-likeness (QED) is 0.596. The first-order chi connectivity index (χ1) is 5.65. The molecule has 1 aliphatic carbocycles. The van der Waals surface area contributed by atoms with E-state index in [0.29, 0.717) is 17.8 Å². The largest absolute Gasteiger partial charge is 0.396 e. The normalized spacial score (nSPS) is 43.4. The maximum absolute atomic E-state index is 9.08. The Bertz CT molecular complexity index is 208. The summed E-state index contributed by atoms with van der Waals surface area (Å²) >= 11 is 0. The molecule has 0 aromatic carbocycles. The highest BCUT2D eigenvalue weighted by molar-refractivity contribution is 5.14. The molecule has 1 heterocycles. The van der Waals surface area contributed by atoms with Crippen molar-refractivity contribution in [2.24, 2.45) is 17.8 Å². The third-order valence-electron chi connectivity index (χ3n) is 3.24. The molecule has 68 valence electrons. The van der Waals surface area contributed by atoms with Gasteiger partial charge < -0.3 is 9.84 Å². The number of fused-ring (bicyclic) bond motifs is 1. The summed E-state index contributed by atoms with van der Waals surface area (Å²) in [6.45, 7) is 5.32. The molecule has 0 aromatic heterocycles. The van der Waals surface area contributed by atoms with Crippen LogP contribution in [0.25, 0.3) is 0 Å². The first-order valence-corrected chi connectivity index (χ1v) is 4.58. The second-order valence-electron chi connectivity index (χ2n) is 4.34. The Morgan fingerprint density at radius 1 is 1.50 bits per heavy atom. The molecule has 1 N–H and O–H groups in total. The van der Waals surface area contributed by atoms with Crippen LogP contribution < -0.4 is 0 Å². The summed E-state index contributed by atoms with van der Waals surface area (Å²) in [5, 5.41) is 9.08. The fraction of sp³-hybridized carbons (Fsp3) is 0.800. The molecule has 2 nitrogen and oxygen atoms in total. The summed E-state index contributed by atoms with van der Waals surface area (Å²) in [6, 6.07) is 0. The number of hydrogen-bond acceptors (Lipinski definition) is 2. The Balaban J connectivity index is 2.17. The maximum Gasteiger partial charge on any atom is 0.0692 e. The summed E-state index contributed by atoms with van der Waals surface area (Å²) in [7, 11) is 0. The average molecular weight is 168 g/mol. The van der Waals surface area contributed by atoms with E-state index in [0.717, 1.165) is 6.61 Å². The van der Waals surface area contributed by atoms with Crippen LogP contribution in [0.15, 0.2) is 12.2 Å². The number of ether oxygens (including phenoxy) is 1. The van der Waals surface area contributed by atoms with Crippen LogP contribution in [0.4, 0.5) is 0 Å². The van der Waals surface area contributed by atoms with Crippen molar-refractivity contribution in [2.45, 2.75) is 19.4 Å². The topological polar surface area (TPSA) is 29.5 Å². The van der Waals surface area contributed by atoms with Gasteiger partial charge in [0.2, 0.25) is 0 Å². The molecule has 0 bridgehead atoms. The van der Waals surface area contributed by atoms with E-state index in [-0.39, 0.29) is 12.2 Å². The molecule has 0 aromatic rings. The van der Waals surface area contributed by atoms with E-state index >= 15 is 0 Å². The zero-order valence-electron chi connectivity index (χ0n) is 7.66. The van der Waals surface area contributed by atoms with Crippen LogP contribution in [0.2, 0.25) is 0 Å². The molecule has 2 aliphatic rings. The molecule has 3 atom stereocenters. The summed E-state index contributed by atoms with van der Waals surface area (Å²) in [5.41, 5.74) is -0.0227. The van der Waals surface area contributed by atoms with Crippen LogP contribution >= 0.6 is 0 Å². The van der Waals surface area contributed by atoms with Gasteiger partial charge in [-0.3, -0.25) is 0 Å². The van der Waals surface area contributed by atoms with Gasteiger partial charge in [-0.1, -0.05) is 12.2 Å². The van der Waals surface area contributed by atoms with Crippen molar-refractivity contribution in [1.82, 2.24) is 0 Å². The van der Waals surface area contributed by atoms with Crippen LogP contribution in [0, 0.1) is 17.8 Å². The molecule has 0 radical (unpaired) electrons. The monoisotopic (exact) mass is 168 g/mol. The second kappa shape index (κ2) is 2.57. The minimum Gasteiger partial charge on any atom is -0.396 e. The Hall–Kier alpha value is -0.340. The third kappa shape index (κ3) is 1.02. The van der Waals surface area contributed by atoms with Crippen molar-refractivity contribution >= 4 is 0 Å². The standard InChI is InChI=1S/C10H16O2/c1-10(2)9-4-3-7(5-11)8(9)6-12-10/h3-4,7-9,11H,5-6H2,1-2H3/t7-,8+,9-/m0/s1. The van der Waals surface area contributed by atoms with Crippen molar-refractivity contribution in [3.05, 3.63) is 12.2 Å². The summed E-state index contributed by atoms with van der Waals surface area (Å²) < 4.78 is 5.68. The summed E-state index contributed by atoms with van der Waals surface area (Å²) in [5.74, 6) is 1.36. The third-order valence-corrected chi connectivity index (χ3v) is 3.24. The Morgan fingerprint density at radius 2 is 2.25 bits per heavy atom. The van der Waals surface area contributed by atoms with E-state index in [9.17, 15) is 0 Å². The van der Waals surface area contributed by atoms with Crippen LogP contribution in [0.3, 0.4) is 0 Å². The molecular weight excluding hydrogens is 152 g/mol. The lowest BCUT2D eigenvalue weighted by Crippen LogP contribution is -2.28. The minimum atomic E-state index is -0.0227. The molecule has 1 saturated heterocycles. The number of aliphatic hydroxyl groups excluding tert-OH is 1. The van der Waals surface area contributed by atoms with E-state index in [2.05, 4.69) is 26.0 Å². The van der Waals surface area contributed by atoms with Gasteiger partial charge in [0.05, 0.1) is 12.2 Å². The van der Waals surface area contributed by atoms with Crippen molar-refractivity contribution in [1.29, 1.82) is 0 Å². The highest BCUT2D eigenvalue weighted by atomic mass is 16.5. The molecule has 0 amide bonds. The molecule has 1 fully saturated rings. The van der Waals surface area contributed by atoms with Crippen LogP contribution in [-0.2, 0) is 4.74 Å². The van der Waals surface area contributed by atoms with Crippen LogP contribution in [0.1, 0.15) is 13.8 Å². The lowest BCUT2D eigenvalue weighted by molar-refractivity contribution is 0.0198. The van der Waals surface area contributed by atoms with E-state index in [1.807, 2.05) is 0 Å². The first kappa shape index (κ1) is 8.27. The predicted molar refractivity (Wildman–Crippen MR) is 46.7 cm³/mol. The molecule has 1 aliphatic heterocycles. The Morgan fingerprint density at radius 3 is 2.92 bits per heavy atom. The van der Waals surface area contributed by atoms with Crippen molar-refractivity contribution < 1.29 is 9.84 Å². The smallest absolute Gasteiger partial charge is 0.0692 e. The fourth-order valence-corrected chi connectivity index (χ4v) is 2.39. The van der Waals surface area contributed by atoms with E-state index in [4.69, 9.17) is 9.84 Å². The zero-order chi connectivity index (χ0) is 8.77. The van der Waals surface area contributed by atoms with Gasteiger partial charge in [-0.2, -0.15) is 0 Å². The zero-order valence-corrected chi connectivity index (χ0v) is 7.66.